The number of nitrogens with zero attached hydrogens (tertiary/aromatic N) is 3. The molecular formula is C13H12ClN3. The van der Waals surface area contributed by atoms with Crippen LogP contribution in [0.15, 0.2) is 24.5 Å². The highest BCUT2D eigenvalue weighted by Crippen LogP contribution is 2.40. The number of aryl methyl sites for hydroxylation is 1. The summed E-state index contributed by atoms with van der Waals surface area (Å²) in [5.74, 6) is 1.29. The molecule has 3 rings (SSSR count). The molecule has 2 aromatic rings. The van der Waals surface area contributed by atoms with Crippen molar-refractivity contribution in [2.75, 3.05) is 0 Å². The first kappa shape index (κ1) is 10.7. The lowest BCUT2D eigenvalue weighted by molar-refractivity contribution is 0.992. The van der Waals surface area contributed by atoms with Gasteiger partial charge in [-0.1, -0.05) is 11.6 Å². The molecule has 0 N–H and O–H groups in total. The van der Waals surface area contributed by atoms with Crippen LogP contribution in [-0.4, -0.2) is 15.0 Å². The minimum atomic E-state index is 0.521. The van der Waals surface area contributed by atoms with E-state index in [0.29, 0.717) is 16.9 Å². The molecule has 1 aliphatic rings. The fourth-order valence-electron chi connectivity index (χ4n) is 1.87. The zero-order valence-electron chi connectivity index (χ0n) is 9.52. The molecule has 86 valence electrons. The molecule has 0 bridgehead atoms. The average Bonchev–Trinajstić information content (AvgIpc) is 3.12. The van der Waals surface area contributed by atoms with Gasteiger partial charge in [-0.25, -0.2) is 9.97 Å². The standard InChI is InChI=1S/C13H12ClN3/c1-8-7-15-5-4-10(8)13-16-11(9-2-3-9)6-12(14)17-13/h4-7,9H,2-3H2,1H3. The van der Waals surface area contributed by atoms with Gasteiger partial charge in [0.15, 0.2) is 5.82 Å². The fraction of sp³-hybridized carbons (Fsp3) is 0.308. The zero-order valence-corrected chi connectivity index (χ0v) is 10.3. The van der Waals surface area contributed by atoms with Crippen molar-refractivity contribution in [3.63, 3.8) is 0 Å². The highest BCUT2D eigenvalue weighted by atomic mass is 35.5. The van der Waals surface area contributed by atoms with Crippen LogP contribution in [-0.2, 0) is 0 Å². The van der Waals surface area contributed by atoms with Gasteiger partial charge in [-0.3, -0.25) is 4.98 Å². The second-order valence-corrected chi connectivity index (χ2v) is 4.79. The van der Waals surface area contributed by atoms with Crippen molar-refractivity contribution in [3.05, 3.63) is 40.9 Å². The Hall–Kier alpha value is -1.48. The molecule has 0 unspecified atom stereocenters. The Bertz CT molecular complexity index is 564. The summed E-state index contributed by atoms with van der Waals surface area (Å²) in [5, 5.41) is 0.521. The van der Waals surface area contributed by atoms with Crippen LogP contribution in [0.2, 0.25) is 5.15 Å². The first-order chi connectivity index (χ1) is 8.24. The normalized spacial score (nSPS) is 14.9. The van der Waals surface area contributed by atoms with Crippen LogP contribution in [0.4, 0.5) is 0 Å². The lowest BCUT2D eigenvalue weighted by atomic mass is 10.1. The van der Waals surface area contributed by atoms with Crippen LogP contribution >= 0.6 is 11.6 Å². The quantitative estimate of drug-likeness (QED) is 0.762. The lowest BCUT2D eigenvalue weighted by Gasteiger charge is -2.06. The maximum atomic E-state index is 6.06. The van der Waals surface area contributed by atoms with E-state index in [4.69, 9.17) is 11.6 Å². The van der Waals surface area contributed by atoms with Gasteiger partial charge in [0.1, 0.15) is 5.15 Å². The number of rotatable bonds is 2. The number of hydrogen-bond acceptors (Lipinski definition) is 3. The Labute approximate surface area is 105 Å². The summed E-state index contributed by atoms with van der Waals surface area (Å²) in [7, 11) is 0. The number of aromatic nitrogens is 3. The van der Waals surface area contributed by atoms with Crippen LogP contribution in [0.25, 0.3) is 11.4 Å². The van der Waals surface area contributed by atoms with Gasteiger partial charge in [0.05, 0.1) is 0 Å². The van der Waals surface area contributed by atoms with Crippen molar-refractivity contribution in [1.82, 2.24) is 15.0 Å². The van der Waals surface area contributed by atoms with E-state index in [9.17, 15) is 0 Å². The topological polar surface area (TPSA) is 38.7 Å². The molecule has 2 heterocycles. The predicted molar refractivity (Wildman–Crippen MR) is 67.0 cm³/mol. The molecule has 1 saturated carbocycles. The van der Waals surface area contributed by atoms with Gasteiger partial charge in [-0.15, -0.1) is 0 Å². The van der Waals surface area contributed by atoms with Gasteiger partial charge in [0, 0.05) is 29.6 Å². The van der Waals surface area contributed by atoms with E-state index < -0.39 is 0 Å². The summed E-state index contributed by atoms with van der Waals surface area (Å²) in [4.78, 5) is 13.0. The monoisotopic (exact) mass is 245 g/mol. The van der Waals surface area contributed by atoms with Gasteiger partial charge in [-0.05, 0) is 37.5 Å². The molecule has 0 radical (unpaired) electrons. The van der Waals surface area contributed by atoms with Gasteiger partial charge < -0.3 is 0 Å². The third kappa shape index (κ3) is 2.15. The summed E-state index contributed by atoms with van der Waals surface area (Å²) >= 11 is 6.06. The predicted octanol–water partition coefficient (Wildman–Crippen LogP) is 3.38. The first-order valence-electron chi connectivity index (χ1n) is 5.69. The first-order valence-corrected chi connectivity index (χ1v) is 6.07. The van der Waals surface area contributed by atoms with E-state index in [1.807, 2.05) is 25.3 Å². The molecule has 0 spiro atoms. The van der Waals surface area contributed by atoms with Gasteiger partial charge in [-0.2, -0.15) is 0 Å². The number of pyridine rings is 1. The Morgan fingerprint density at radius 2 is 2.12 bits per heavy atom. The highest BCUT2D eigenvalue weighted by molar-refractivity contribution is 6.29. The molecule has 0 aromatic carbocycles. The smallest absolute Gasteiger partial charge is 0.161 e. The van der Waals surface area contributed by atoms with E-state index >= 15 is 0 Å². The zero-order chi connectivity index (χ0) is 11.8. The Morgan fingerprint density at radius 3 is 2.82 bits per heavy atom. The minimum absolute atomic E-state index is 0.521. The third-order valence-corrected chi connectivity index (χ3v) is 3.17. The maximum absolute atomic E-state index is 6.06. The van der Waals surface area contributed by atoms with E-state index in [2.05, 4.69) is 15.0 Å². The van der Waals surface area contributed by atoms with Crippen LogP contribution in [0.5, 0.6) is 0 Å². The van der Waals surface area contributed by atoms with E-state index in [1.54, 1.807) is 6.20 Å². The highest BCUT2D eigenvalue weighted by Gasteiger charge is 2.26. The summed E-state index contributed by atoms with van der Waals surface area (Å²) in [6.45, 7) is 2.00. The Kier molecular flexibility index (Phi) is 2.56. The second kappa shape index (κ2) is 4.08. The summed E-state index contributed by atoms with van der Waals surface area (Å²) < 4.78 is 0. The lowest BCUT2D eigenvalue weighted by Crippen LogP contribution is -1.96. The fourth-order valence-corrected chi connectivity index (χ4v) is 2.06. The van der Waals surface area contributed by atoms with Crippen molar-refractivity contribution < 1.29 is 0 Å². The molecule has 1 aliphatic carbocycles. The van der Waals surface area contributed by atoms with Gasteiger partial charge in [0.25, 0.3) is 0 Å². The number of hydrogen-bond donors (Lipinski definition) is 0. The molecule has 17 heavy (non-hydrogen) atoms. The molecule has 0 saturated heterocycles. The van der Waals surface area contributed by atoms with E-state index in [0.717, 1.165) is 16.8 Å². The summed E-state index contributed by atoms with van der Waals surface area (Å²) in [6, 6.07) is 3.80. The SMILES string of the molecule is Cc1cnccc1-c1nc(Cl)cc(C2CC2)n1. The molecule has 1 fully saturated rings. The largest absolute Gasteiger partial charge is 0.264 e. The molecule has 4 heteroatoms. The molecule has 0 atom stereocenters. The molecule has 0 aliphatic heterocycles. The van der Waals surface area contributed by atoms with Crippen molar-refractivity contribution in [1.29, 1.82) is 0 Å². The van der Waals surface area contributed by atoms with Gasteiger partial charge in [0.2, 0.25) is 0 Å². The van der Waals surface area contributed by atoms with Crippen molar-refractivity contribution in [3.8, 4) is 11.4 Å². The van der Waals surface area contributed by atoms with Crippen molar-refractivity contribution in [2.45, 2.75) is 25.7 Å². The number of halogens is 1. The average molecular weight is 246 g/mol. The van der Waals surface area contributed by atoms with Crippen LogP contribution < -0.4 is 0 Å². The molecule has 0 amide bonds. The Balaban J connectivity index is 2.11. The second-order valence-electron chi connectivity index (χ2n) is 4.40. The van der Waals surface area contributed by atoms with Crippen molar-refractivity contribution >= 4 is 11.6 Å². The van der Waals surface area contributed by atoms with Crippen LogP contribution in [0.3, 0.4) is 0 Å². The molecule has 3 nitrogen and oxygen atoms in total. The maximum Gasteiger partial charge on any atom is 0.161 e. The van der Waals surface area contributed by atoms with Crippen molar-refractivity contribution in [2.24, 2.45) is 0 Å². The third-order valence-electron chi connectivity index (χ3n) is 2.97. The summed E-state index contributed by atoms with van der Waals surface area (Å²) in [5.41, 5.74) is 3.14. The van der Waals surface area contributed by atoms with E-state index in [-0.39, 0.29) is 0 Å². The van der Waals surface area contributed by atoms with Gasteiger partial charge >= 0.3 is 0 Å². The molecule has 2 aromatic heterocycles. The Morgan fingerprint density at radius 1 is 1.29 bits per heavy atom. The summed E-state index contributed by atoms with van der Waals surface area (Å²) in [6.07, 6.45) is 5.99. The molecular weight excluding hydrogens is 234 g/mol. The van der Waals surface area contributed by atoms with Crippen LogP contribution in [0.1, 0.15) is 30.0 Å². The van der Waals surface area contributed by atoms with E-state index in [1.165, 1.54) is 12.8 Å². The minimum Gasteiger partial charge on any atom is -0.264 e. The van der Waals surface area contributed by atoms with Crippen LogP contribution in [0, 0.1) is 6.92 Å².